The maximum atomic E-state index is 12.8. The first-order valence-electron chi connectivity index (χ1n) is 9.10. The Morgan fingerprint density at radius 3 is 2.60 bits per heavy atom. The molecule has 0 unspecified atom stereocenters. The minimum Gasteiger partial charge on any atom is -0.493 e. The maximum Gasteiger partial charge on any atom is 0.323 e. The number of fused-ring (bicyclic) bond motifs is 1. The first-order valence-corrected chi connectivity index (χ1v) is 9.48. The molecule has 0 aliphatic heterocycles. The van der Waals surface area contributed by atoms with Crippen molar-refractivity contribution in [2.24, 2.45) is 0 Å². The van der Waals surface area contributed by atoms with Crippen molar-refractivity contribution in [2.75, 3.05) is 24.9 Å². The Labute approximate surface area is 178 Å². The SMILES string of the molecule is COc1ccc(NC(=O)Nc2c(-c3cccnc3)[nH]c3ccc(Cl)cc23)cc1OC. The molecule has 0 radical (unpaired) electrons. The number of amides is 2. The molecule has 0 atom stereocenters. The van der Waals surface area contributed by atoms with Crippen LogP contribution < -0.4 is 20.1 Å². The fourth-order valence-electron chi connectivity index (χ4n) is 3.21. The van der Waals surface area contributed by atoms with Gasteiger partial charge in [-0.2, -0.15) is 0 Å². The lowest BCUT2D eigenvalue weighted by atomic mass is 10.1. The third-order valence-electron chi connectivity index (χ3n) is 4.59. The van der Waals surface area contributed by atoms with Crippen LogP contribution in [0, 0.1) is 0 Å². The van der Waals surface area contributed by atoms with Gasteiger partial charge in [0.15, 0.2) is 11.5 Å². The van der Waals surface area contributed by atoms with E-state index in [0.29, 0.717) is 27.9 Å². The third kappa shape index (κ3) is 3.88. The summed E-state index contributed by atoms with van der Waals surface area (Å²) in [6.45, 7) is 0. The monoisotopic (exact) mass is 422 g/mol. The van der Waals surface area contributed by atoms with E-state index >= 15 is 0 Å². The average molecular weight is 423 g/mol. The highest BCUT2D eigenvalue weighted by Crippen LogP contribution is 2.36. The number of urea groups is 1. The number of anilines is 2. The lowest BCUT2D eigenvalue weighted by Crippen LogP contribution is -2.19. The number of rotatable bonds is 5. The predicted octanol–water partition coefficient (Wildman–Crippen LogP) is 5.54. The van der Waals surface area contributed by atoms with Gasteiger partial charge in [0, 0.05) is 45.6 Å². The van der Waals surface area contributed by atoms with Crippen molar-refractivity contribution in [1.29, 1.82) is 0 Å². The fourth-order valence-corrected chi connectivity index (χ4v) is 3.38. The number of hydrogen-bond acceptors (Lipinski definition) is 4. The number of pyridine rings is 1. The maximum absolute atomic E-state index is 12.8. The van der Waals surface area contributed by atoms with E-state index < -0.39 is 6.03 Å². The van der Waals surface area contributed by atoms with Gasteiger partial charge in [-0.15, -0.1) is 0 Å². The van der Waals surface area contributed by atoms with Crippen molar-refractivity contribution in [1.82, 2.24) is 9.97 Å². The Bertz CT molecular complexity index is 1210. The molecule has 2 aromatic carbocycles. The van der Waals surface area contributed by atoms with E-state index in [9.17, 15) is 4.79 Å². The molecule has 0 spiro atoms. The summed E-state index contributed by atoms with van der Waals surface area (Å²) in [7, 11) is 3.09. The van der Waals surface area contributed by atoms with Crippen LogP contribution in [0.4, 0.5) is 16.2 Å². The Morgan fingerprint density at radius 2 is 1.87 bits per heavy atom. The zero-order valence-electron chi connectivity index (χ0n) is 16.3. The average Bonchev–Trinajstić information content (AvgIpc) is 3.11. The topological polar surface area (TPSA) is 88.3 Å². The fraction of sp³-hybridized carbons (Fsp3) is 0.0909. The van der Waals surface area contributed by atoms with Gasteiger partial charge in [-0.25, -0.2) is 4.79 Å². The van der Waals surface area contributed by atoms with Crippen molar-refractivity contribution < 1.29 is 14.3 Å². The van der Waals surface area contributed by atoms with Crippen LogP contribution in [-0.2, 0) is 0 Å². The van der Waals surface area contributed by atoms with Gasteiger partial charge >= 0.3 is 6.03 Å². The summed E-state index contributed by atoms with van der Waals surface area (Å²) in [5.41, 5.74) is 3.60. The molecule has 3 N–H and O–H groups in total. The second-order valence-electron chi connectivity index (χ2n) is 6.46. The number of carbonyl (C=O) groups excluding carboxylic acids is 1. The van der Waals surface area contributed by atoms with E-state index in [4.69, 9.17) is 21.1 Å². The lowest BCUT2D eigenvalue weighted by Gasteiger charge is -2.12. The third-order valence-corrected chi connectivity index (χ3v) is 4.83. The highest BCUT2D eigenvalue weighted by atomic mass is 35.5. The van der Waals surface area contributed by atoms with E-state index in [0.717, 1.165) is 22.2 Å². The minimum atomic E-state index is -0.409. The molecule has 2 heterocycles. The second-order valence-corrected chi connectivity index (χ2v) is 6.89. The van der Waals surface area contributed by atoms with Crippen molar-refractivity contribution in [3.8, 4) is 22.8 Å². The number of H-pyrrole nitrogens is 1. The van der Waals surface area contributed by atoms with Gasteiger partial charge in [0.2, 0.25) is 0 Å². The predicted molar refractivity (Wildman–Crippen MR) is 119 cm³/mol. The second kappa shape index (κ2) is 8.34. The lowest BCUT2D eigenvalue weighted by molar-refractivity contribution is 0.262. The molecule has 0 aliphatic rings. The van der Waals surface area contributed by atoms with E-state index in [1.165, 1.54) is 7.11 Å². The number of carbonyl (C=O) groups is 1. The van der Waals surface area contributed by atoms with Gasteiger partial charge in [0.1, 0.15) is 0 Å². The number of halogens is 1. The summed E-state index contributed by atoms with van der Waals surface area (Å²) in [5.74, 6) is 1.10. The summed E-state index contributed by atoms with van der Waals surface area (Å²) in [4.78, 5) is 20.3. The number of ether oxygens (including phenoxy) is 2. The number of aromatic amines is 1. The van der Waals surface area contributed by atoms with Crippen LogP contribution >= 0.6 is 11.6 Å². The summed E-state index contributed by atoms with van der Waals surface area (Å²) in [6, 6.07) is 13.9. The summed E-state index contributed by atoms with van der Waals surface area (Å²) in [6.07, 6.45) is 3.42. The van der Waals surface area contributed by atoms with Crippen LogP contribution in [0.3, 0.4) is 0 Å². The quantitative estimate of drug-likeness (QED) is 0.393. The molecule has 0 saturated carbocycles. The minimum absolute atomic E-state index is 0.409. The number of methoxy groups -OCH3 is 2. The summed E-state index contributed by atoms with van der Waals surface area (Å²) >= 11 is 6.19. The van der Waals surface area contributed by atoms with E-state index in [1.54, 1.807) is 49.8 Å². The van der Waals surface area contributed by atoms with Crippen LogP contribution in [0.15, 0.2) is 60.9 Å². The molecule has 0 saturated heterocycles. The number of hydrogen-bond donors (Lipinski definition) is 3. The molecule has 30 heavy (non-hydrogen) atoms. The van der Waals surface area contributed by atoms with Gasteiger partial charge in [-0.05, 0) is 42.5 Å². The molecule has 0 fully saturated rings. The molecule has 7 nitrogen and oxygen atoms in total. The van der Waals surface area contributed by atoms with Gasteiger partial charge in [0.05, 0.1) is 25.6 Å². The van der Waals surface area contributed by atoms with Crippen molar-refractivity contribution in [2.45, 2.75) is 0 Å². The van der Waals surface area contributed by atoms with E-state index in [1.807, 2.05) is 18.2 Å². The van der Waals surface area contributed by atoms with Crippen LogP contribution in [-0.4, -0.2) is 30.2 Å². The van der Waals surface area contributed by atoms with Gasteiger partial charge in [-0.1, -0.05) is 11.6 Å². The number of aromatic nitrogens is 2. The van der Waals surface area contributed by atoms with Crippen molar-refractivity contribution >= 4 is 39.9 Å². The standard InChI is InChI=1S/C22H19ClN4O3/c1-29-18-8-6-15(11-19(18)30-2)25-22(28)27-21-16-10-14(23)5-7-17(16)26-20(21)13-4-3-9-24-12-13/h3-12,26H,1-2H3,(H2,25,27,28). The smallest absolute Gasteiger partial charge is 0.323 e. The van der Waals surface area contributed by atoms with E-state index in [-0.39, 0.29) is 0 Å². The zero-order valence-corrected chi connectivity index (χ0v) is 17.1. The molecule has 2 amide bonds. The molecule has 152 valence electrons. The highest BCUT2D eigenvalue weighted by Gasteiger charge is 2.17. The zero-order chi connectivity index (χ0) is 21.1. The molecular weight excluding hydrogens is 404 g/mol. The normalized spacial score (nSPS) is 10.6. The van der Waals surface area contributed by atoms with Crippen LogP contribution in [0.5, 0.6) is 11.5 Å². The Kier molecular flexibility index (Phi) is 5.45. The largest absolute Gasteiger partial charge is 0.493 e. The first kappa shape index (κ1) is 19.6. The van der Waals surface area contributed by atoms with Crippen LogP contribution in [0.2, 0.25) is 5.02 Å². The van der Waals surface area contributed by atoms with Crippen LogP contribution in [0.25, 0.3) is 22.2 Å². The molecule has 0 aliphatic carbocycles. The number of nitrogens with zero attached hydrogens (tertiary/aromatic N) is 1. The molecule has 4 rings (SSSR count). The molecule has 2 aromatic heterocycles. The van der Waals surface area contributed by atoms with Gasteiger partial charge < -0.3 is 25.1 Å². The highest BCUT2D eigenvalue weighted by molar-refractivity contribution is 6.31. The number of benzene rings is 2. The molecule has 8 heteroatoms. The van der Waals surface area contributed by atoms with Crippen molar-refractivity contribution in [3.63, 3.8) is 0 Å². The van der Waals surface area contributed by atoms with Gasteiger partial charge in [-0.3, -0.25) is 4.98 Å². The Morgan fingerprint density at radius 1 is 1.03 bits per heavy atom. The van der Waals surface area contributed by atoms with Gasteiger partial charge in [0.25, 0.3) is 0 Å². The van der Waals surface area contributed by atoms with Crippen LogP contribution in [0.1, 0.15) is 0 Å². The molecule has 4 aromatic rings. The summed E-state index contributed by atoms with van der Waals surface area (Å²) in [5, 5.41) is 7.12. The Hall–Kier alpha value is -3.71. The molecular formula is C22H19ClN4O3. The Balaban J connectivity index is 1.67. The van der Waals surface area contributed by atoms with E-state index in [2.05, 4.69) is 20.6 Å². The summed E-state index contributed by atoms with van der Waals surface area (Å²) < 4.78 is 10.5. The van der Waals surface area contributed by atoms with Crippen molar-refractivity contribution in [3.05, 3.63) is 65.9 Å². The number of nitrogens with one attached hydrogen (secondary N) is 3. The molecule has 0 bridgehead atoms. The first-order chi connectivity index (χ1) is 14.6.